The summed E-state index contributed by atoms with van der Waals surface area (Å²) in [5.74, 6) is -4.32. The van der Waals surface area contributed by atoms with Crippen molar-refractivity contribution in [2.45, 2.75) is 19.4 Å². The molecule has 0 unspecified atom stereocenters. The highest BCUT2D eigenvalue weighted by molar-refractivity contribution is 5.96. The van der Waals surface area contributed by atoms with Crippen LogP contribution in [-0.2, 0) is 0 Å². The molecule has 0 aliphatic carbocycles. The summed E-state index contributed by atoms with van der Waals surface area (Å²) in [5.41, 5.74) is 9.36. The number of aryl methyl sites for hydroxylation is 1. The molecule has 0 saturated carbocycles. The van der Waals surface area contributed by atoms with Gasteiger partial charge in [0.15, 0.2) is 0 Å². The van der Waals surface area contributed by atoms with Gasteiger partial charge in [0, 0.05) is 36.5 Å². The number of nitrogen functional groups attached to an aromatic ring is 1. The third-order valence-electron chi connectivity index (χ3n) is 5.43. The van der Waals surface area contributed by atoms with E-state index < -0.39 is 40.0 Å². The highest BCUT2D eigenvalue weighted by Crippen LogP contribution is 2.36. The lowest BCUT2D eigenvalue weighted by Crippen LogP contribution is -2.66. The van der Waals surface area contributed by atoms with Crippen LogP contribution in [0.2, 0.25) is 0 Å². The molecule has 1 aromatic heterocycles. The van der Waals surface area contributed by atoms with Crippen LogP contribution in [0.3, 0.4) is 0 Å². The van der Waals surface area contributed by atoms with Crippen molar-refractivity contribution in [2.75, 3.05) is 23.7 Å². The molecule has 4 rings (SSSR count). The number of hydrogen-bond acceptors (Lipinski definition) is 5. The first-order chi connectivity index (χ1) is 14.4. The Balaban J connectivity index is 2.12. The standard InChI is InChI=1S/C21H19F3N4O3/c1-9-17-10(3-14(24)18(9)27-7-21(2,26)8-27)19(29)11(20(30)31)6-28(17)16-5-15(25)12(22)4-13(16)23/h3-6H,7-8,25-26H2,1-2H3,(H,30,31). The van der Waals surface area contributed by atoms with Crippen LogP contribution >= 0.6 is 0 Å². The molecule has 10 heteroatoms. The topological polar surface area (TPSA) is 115 Å². The minimum Gasteiger partial charge on any atom is -0.477 e. The summed E-state index contributed by atoms with van der Waals surface area (Å²) in [6.45, 7) is 4.05. The second kappa shape index (κ2) is 6.74. The minimum absolute atomic E-state index is 0.0851. The van der Waals surface area contributed by atoms with E-state index in [0.717, 1.165) is 22.9 Å². The van der Waals surface area contributed by atoms with Crippen LogP contribution < -0.4 is 21.8 Å². The summed E-state index contributed by atoms with van der Waals surface area (Å²) in [6.07, 6.45) is 0.931. The van der Waals surface area contributed by atoms with E-state index in [-0.39, 0.29) is 33.5 Å². The van der Waals surface area contributed by atoms with Gasteiger partial charge in [-0.3, -0.25) is 4.79 Å². The van der Waals surface area contributed by atoms with Gasteiger partial charge in [0.2, 0.25) is 5.43 Å². The number of carbonyl (C=O) groups is 1. The highest BCUT2D eigenvalue weighted by Gasteiger charge is 2.37. The maximum atomic E-state index is 15.0. The Labute approximate surface area is 174 Å². The fourth-order valence-corrected chi connectivity index (χ4v) is 4.09. The Morgan fingerprint density at radius 1 is 1.13 bits per heavy atom. The number of anilines is 2. The highest BCUT2D eigenvalue weighted by atomic mass is 19.1. The van der Waals surface area contributed by atoms with E-state index in [0.29, 0.717) is 19.2 Å². The smallest absolute Gasteiger partial charge is 0.341 e. The van der Waals surface area contributed by atoms with Crippen molar-refractivity contribution < 1.29 is 23.1 Å². The van der Waals surface area contributed by atoms with E-state index in [9.17, 15) is 23.5 Å². The maximum Gasteiger partial charge on any atom is 0.341 e. The fraction of sp³-hybridized carbons (Fsp3) is 0.238. The van der Waals surface area contributed by atoms with E-state index in [2.05, 4.69) is 0 Å². The third-order valence-corrected chi connectivity index (χ3v) is 5.43. The van der Waals surface area contributed by atoms with Crippen LogP contribution in [-0.4, -0.2) is 34.3 Å². The Kier molecular flexibility index (Phi) is 4.51. The summed E-state index contributed by atoms with van der Waals surface area (Å²) in [4.78, 5) is 26.1. The van der Waals surface area contributed by atoms with Gasteiger partial charge in [-0.05, 0) is 26.0 Å². The van der Waals surface area contributed by atoms with Gasteiger partial charge in [0.25, 0.3) is 0 Å². The molecule has 5 N–H and O–H groups in total. The van der Waals surface area contributed by atoms with Gasteiger partial charge < -0.3 is 26.0 Å². The van der Waals surface area contributed by atoms with Gasteiger partial charge >= 0.3 is 5.97 Å². The normalized spacial score (nSPS) is 15.2. The number of carboxylic acids is 1. The number of benzene rings is 2. The fourth-order valence-electron chi connectivity index (χ4n) is 4.09. The summed E-state index contributed by atoms with van der Waals surface area (Å²) in [5, 5.41) is 9.19. The first kappa shape index (κ1) is 20.7. The average Bonchev–Trinajstić information content (AvgIpc) is 2.64. The lowest BCUT2D eigenvalue weighted by atomic mass is 9.91. The molecule has 0 bridgehead atoms. The SMILES string of the molecule is Cc1c(N2CC(C)(N)C2)c(F)cc2c(=O)c(C(=O)O)cn(-c3cc(N)c(F)cc3F)c12. The van der Waals surface area contributed by atoms with Crippen LogP contribution in [0.15, 0.2) is 29.2 Å². The number of rotatable bonds is 3. The number of fused-ring (bicyclic) bond motifs is 1. The Bertz CT molecular complexity index is 1330. The zero-order valence-electron chi connectivity index (χ0n) is 16.7. The van der Waals surface area contributed by atoms with Gasteiger partial charge in [-0.2, -0.15) is 0 Å². The molecular weight excluding hydrogens is 413 g/mol. The monoisotopic (exact) mass is 432 g/mol. The van der Waals surface area contributed by atoms with E-state index in [1.165, 1.54) is 6.92 Å². The van der Waals surface area contributed by atoms with Crippen molar-refractivity contribution in [3.8, 4) is 5.69 Å². The number of halogens is 3. The van der Waals surface area contributed by atoms with Crippen molar-refractivity contribution in [3.63, 3.8) is 0 Å². The third kappa shape index (κ3) is 3.19. The quantitative estimate of drug-likeness (QED) is 0.548. The predicted octanol–water partition coefficient (Wildman–Crippen LogP) is 2.53. The molecule has 162 valence electrons. The lowest BCUT2D eigenvalue weighted by Gasteiger charge is -2.47. The molecule has 1 saturated heterocycles. The molecule has 2 heterocycles. The number of nitrogens with zero attached hydrogens (tertiary/aromatic N) is 2. The first-order valence-corrected chi connectivity index (χ1v) is 9.32. The van der Waals surface area contributed by atoms with Crippen molar-refractivity contribution in [1.29, 1.82) is 0 Å². The molecule has 2 aromatic carbocycles. The molecule has 1 aliphatic rings. The summed E-state index contributed by atoms with van der Waals surface area (Å²) >= 11 is 0. The Morgan fingerprint density at radius 2 is 1.77 bits per heavy atom. The molecule has 1 aliphatic heterocycles. The van der Waals surface area contributed by atoms with Crippen molar-refractivity contribution >= 4 is 28.2 Å². The van der Waals surface area contributed by atoms with E-state index in [1.807, 2.05) is 6.92 Å². The Hall–Kier alpha value is -3.53. The minimum atomic E-state index is -1.57. The number of nitrogens with two attached hydrogens (primary N) is 2. The van der Waals surface area contributed by atoms with Crippen molar-refractivity contribution in [1.82, 2.24) is 4.57 Å². The number of hydrogen-bond donors (Lipinski definition) is 3. The van der Waals surface area contributed by atoms with Crippen LogP contribution in [0.5, 0.6) is 0 Å². The lowest BCUT2D eigenvalue weighted by molar-refractivity contribution is 0.0695. The summed E-state index contributed by atoms with van der Waals surface area (Å²) < 4.78 is 44.5. The molecule has 0 amide bonds. The predicted molar refractivity (Wildman–Crippen MR) is 110 cm³/mol. The van der Waals surface area contributed by atoms with Gasteiger partial charge in [0.1, 0.15) is 23.0 Å². The molecule has 0 atom stereocenters. The second-order valence-electron chi connectivity index (χ2n) is 8.11. The van der Waals surface area contributed by atoms with Crippen LogP contribution in [0, 0.1) is 24.4 Å². The van der Waals surface area contributed by atoms with Crippen LogP contribution in [0.4, 0.5) is 24.5 Å². The summed E-state index contributed by atoms with van der Waals surface area (Å²) in [6, 6.07) is 2.48. The number of aromatic carboxylic acids is 1. The van der Waals surface area contributed by atoms with Crippen LogP contribution in [0.25, 0.3) is 16.6 Å². The zero-order chi connectivity index (χ0) is 22.8. The number of carboxylic acid groups (broad SMARTS) is 1. The molecule has 7 nitrogen and oxygen atoms in total. The number of aromatic nitrogens is 1. The van der Waals surface area contributed by atoms with E-state index >= 15 is 4.39 Å². The number of pyridine rings is 1. The van der Waals surface area contributed by atoms with Gasteiger partial charge in [-0.15, -0.1) is 0 Å². The average molecular weight is 432 g/mol. The molecule has 31 heavy (non-hydrogen) atoms. The van der Waals surface area contributed by atoms with Gasteiger partial charge in [0.05, 0.1) is 28.0 Å². The molecule has 3 aromatic rings. The zero-order valence-corrected chi connectivity index (χ0v) is 16.7. The second-order valence-corrected chi connectivity index (χ2v) is 8.11. The Morgan fingerprint density at radius 3 is 2.35 bits per heavy atom. The van der Waals surface area contributed by atoms with Crippen molar-refractivity contribution in [2.24, 2.45) is 5.73 Å². The van der Waals surface area contributed by atoms with E-state index in [1.54, 1.807) is 4.90 Å². The summed E-state index contributed by atoms with van der Waals surface area (Å²) in [7, 11) is 0. The van der Waals surface area contributed by atoms with Crippen LogP contribution in [0.1, 0.15) is 22.8 Å². The molecule has 1 fully saturated rings. The molecular formula is C21H19F3N4O3. The maximum absolute atomic E-state index is 15.0. The molecule has 0 spiro atoms. The largest absolute Gasteiger partial charge is 0.477 e. The molecule has 0 radical (unpaired) electrons. The van der Waals surface area contributed by atoms with Gasteiger partial charge in [-0.25, -0.2) is 18.0 Å². The first-order valence-electron chi connectivity index (χ1n) is 9.32. The van der Waals surface area contributed by atoms with Crippen molar-refractivity contribution in [3.05, 3.63) is 63.2 Å². The van der Waals surface area contributed by atoms with E-state index in [4.69, 9.17) is 11.5 Å². The van der Waals surface area contributed by atoms with Gasteiger partial charge in [-0.1, -0.05) is 0 Å².